The van der Waals surface area contributed by atoms with Crippen molar-refractivity contribution in [3.05, 3.63) is 107 Å². The molecule has 0 aliphatic carbocycles. The van der Waals surface area contributed by atoms with E-state index in [1.54, 1.807) is 37.5 Å². The Morgan fingerprint density at radius 1 is 0.929 bits per heavy atom. The third-order valence-corrected chi connectivity index (χ3v) is 4.33. The highest BCUT2D eigenvalue weighted by molar-refractivity contribution is 6.02. The number of carbonyl (C=O) groups is 1. The summed E-state index contributed by atoms with van der Waals surface area (Å²) in [6, 6.07) is 28.2. The molecule has 0 heterocycles. The fourth-order valence-corrected chi connectivity index (χ4v) is 2.87. The lowest BCUT2D eigenvalue weighted by atomic mass is 9.98. The summed E-state index contributed by atoms with van der Waals surface area (Å²) < 4.78 is 5.13. The molecule has 0 spiro atoms. The maximum atomic E-state index is 12.8. The van der Waals surface area contributed by atoms with Gasteiger partial charge in [-0.25, -0.2) is 0 Å². The Labute approximate surface area is 164 Å². The molecule has 0 aromatic heterocycles. The number of hydrogen-bond donors (Lipinski definition) is 1. The third kappa shape index (κ3) is 4.66. The van der Waals surface area contributed by atoms with Gasteiger partial charge < -0.3 is 10.1 Å². The van der Waals surface area contributed by atoms with Gasteiger partial charge in [-0.1, -0.05) is 72.8 Å². The molecule has 3 aromatic rings. The highest BCUT2D eigenvalue weighted by Gasteiger charge is 2.19. The maximum absolute atomic E-state index is 12.8. The van der Waals surface area contributed by atoms with Gasteiger partial charge in [-0.3, -0.25) is 4.79 Å². The summed E-state index contributed by atoms with van der Waals surface area (Å²) in [6.45, 7) is 0. The van der Waals surface area contributed by atoms with Crippen LogP contribution in [0.3, 0.4) is 0 Å². The van der Waals surface area contributed by atoms with Crippen molar-refractivity contribution in [2.75, 3.05) is 7.11 Å². The molecule has 0 saturated carbocycles. The Hall–Kier alpha value is -3.84. The van der Waals surface area contributed by atoms with Crippen molar-refractivity contribution in [3.63, 3.8) is 0 Å². The van der Waals surface area contributed by atoms with Crippen molar-refractivity contribution in [1.29, 1.82) is 5.26 Å². The summed E-state index contributed by atoms with van der Waals surface area (Å²) in [6.07, 6.45) is 1.57. The first-order valence-corrected chi connectivity index (χ1v) is 8.88. The van der Waals surface area contributed by atoms with Gasteiger partial charge in [0.15, 0.2) is 0 Å². The Morgan fingerprint density at radius 2 is 1.46 bits per heavy atom. The highest BCUT2D eigenvalue weighted by atomic mass is 16.5. The fraction of sp³-hybridized carbons (Fsp3) is 0.0833. The molecule has 1 N–H and O–H groups in total. The minimum Gasteiger partial charge on any atom is -0.497 e. The van der Waals surface area contributed by atoms with E-state index < -0.39 is 5.91 Å². The number of ether oxygens (including phenoxy) is 1. The number of nitrogens with one attached hydrogen (secondary N) is 1. The minimum atomic E-state index is -0.420. The normalized spacial score (nSPS) is 11.0. The average molecular weight is 368 g/mol. The van der Waals surface area contributed by atoms with E-state index in [-0.39, 0.29) is 11.6 Å². The van der Waals surface area contributed by atoms with Gasteiger partial charge in [0.1, 0.15) is 17.4 Å². The van der Waals surface area contributed by atoms with Gasteiger partial charge in [0, 0.05) is 0 Å². The van der Waals surface area contributed by atoms with E-state index in [4.69, 9.17) is 4.74 Å². The Morgan fingerprint density at radius 3 is 1.93 bits per heavy atom. The molecular weight excluding hydrogens is 348 g/mol. The van der Waals surface area contributed by atoms with Crippen LogP contribution in [-0.4, -0.2) is 13.0 Å². The van der Waals surface area contributed by atoms with E-state index in [1.807, 2.05) is 66.7 Å². The Balaban J connectivity index is 1.87. The molecule has 4 nitrogen and oxygen atoms in total. The molecule has 0 aliphatic rings. The summed E-state index contributed by atoms with van der Waals surface area (Å²) in [5.74, 6) is 0.296. The van der Waals surface area contributed by atoms with Crippen molar-refractivity contribution in [1.82, 2.24) is 5.32 Å². The van der Waals surface area contributed by atoms with Crippen molar-refractivity contribution in [2.45, 2.75) is 6.04 Å². The maximum Gasteiger partial charge on any atom is 0.262 e. The topological polar surface area (TPSA) is 62.1 Å². The number of rotatable bonds is 6. The van der Waals surface area contributed by atoms with Crippen molar-refractivity contribution < 1.29 is 9.53 Å². The van der Waals surface area contributed by atoms with Crippen LogP contribution in [0, 0.1) is 11.3 Å². The summed E-state index contributed by atoms with van der Waals surface area (Å²) in [4.78, 5) is 12.8. The molecule has 0 aliphatic heterocycles. The van der Waals surface area contributed by atoms with E-state index in [0.717, 1.165) is 16.7 Å². The zero-order chi connectivity index (χ0) is 19.8. The van der Waals surface area contributed by atoms with E-state index >= 15 is 0 Å². The van der Waals surface area contributed by atoms with Gasteiger partial charge in [0.25, 0.3) is 5.91 Å². The lowest BCUT2D eigenvalue weighted by Gasteiger charge is -2.19. The number of hydrogen-bond acceptors (Lipinski definition) is 3. The Kier molecular flexibility index (Phi) is 6.22. The molecule has 28 heavy (non-hydrogen) atoms. The molecule has 1 amide bonds. The quantitative estimate of drug-likeness (QED) is 0.514. The van der Waals surface area contributed by atoms with E-state index in [1.165, 1.54) is 0 Å². The van der Waals surface area contributed by atoms with Gasteiger partial charge in [-0.05, 0) is 34.9 Å². The molecule has 0 fully saturated rings. The van der Waals surface area contributed by atoms with Crippen LogP contribution in [0.4, 0.5) is 0 Å². The highest BCUT2D eigenvalue weighted by Crippen LogP contribution is 2.22. The van der Waals surface area contributed by atoms with Crippen molar-refractivity contribution >= 4 is 12.0 Å². The predicted octanol–water partition coefficient (Wildman–Crippen LogP) is 4.51. The van der Waals surface area contributed by atoms with Crippen LogP contribution >= 0.6 is 0 Å². The SMILES string of the molecule is COc1ccc(C=C(C#N)C(=O)NC(c2ccccc2)c2ccccc2)cc1. The summed E-state index contributed by atoms with van der Waals surface area (Å²) >= 11 is 0. The molecular formula is C24H20N2O2. The van der Waals surface area contributed by atoms with Crippen LogP contribution in [-0.2, 0) is 4.79 Å². The van der Waals surface area contributed by atoms with Crippen LogP contribution in [0.25, 0.3) is 6.08 Å². The zero-order valence-corrected chi connectivity index (χ0v) is 15.5. The van der Waals surface area contributed by atoms with Crippen LogP contribution < -0.4 is 10.1 Å². The molecule has 0 bridgehead atoms. The average Bonchev–Trinajstić information content (AvgIpc) is 2.77. The largest absolute Gasteiger partial charge is 0.497 e. The van der Waals surface area contributed by atoms with Crippen LogP contribution in [0.5, 0.6) is 5.75 Å². The summed E-state index contributed by atoms with van der Waals surface area (Å²) in [5.41, 5.74) is 2.69. The molecule has 0 unspecified atom stereocenters. The standard InChI is InChI=1S/C24H20N2O2/c1-28-22-14-12-18(13-15-22)16-21(17-25)24(27)26-23(19-8-4-2-5-9-19)20-10-6-3-7-11-20/h2-16,23H,1H3,(H,26,27). The van der Waals surface area contributed by atoms with Gasteiger partial charge >= 0.3 is 0 Å². The number of methoxy groups -OCH3 is 1. The minimum absolute atomic E-state index is 0.0435. The third-order valence-electron chi connectivity index (χ3n) is 4.33. The molecule has 0 radical (unpaired) electrons. The Bertz CT molecular complexity index is 949. The van der Waals surface area contributed by atoms with Crippen LogP contribution in [0.2, 0.25) is 0 Å². The van der Waals surface area contributed by atoms with E-state index in [0.29, 0.717) is 5.75 Å². The number of carbonyl (C=O) groups excluding carboxylic acids is 1. The smallest absolute Gasteiger partial charge is 0.262 e. The monoisotopic (exact) mass is 368 g/mol. The van der Waals surface area contributed by atoms with Gasteiger partial charge in [0.2, 0.25) is 0 Å². The number of benzene rings is 3. The molecule has 4 heteroatoms. The molecule has 3 aromatic carbocycles. The van der Waals surface area contributed by atoms with E-state index in [2.05, 4.69) is 5.32 Å². The summed E-state index contributed by atoms with van der Waals surface area (Å²) in [5, 5.41) is 12.5. The molecule has 3 rings (SSSR count). The van der Waals surface area contributed by atoms with E-state index in [9.17, 15) is 10.1 Å². The second-order valence-corrected chi connectivity index (χ2v) is 6.17. The first-order valence-electron chi connectivity index (χ1n) is 8.88. The van der Waals surface area contributed by atoms with Crippen LogP contribution in [0.1, 0.15) is 22.7 Å². The molecule has 0 atom stereocenters. The predicted molar refractivity (Wildman–Crippen MR) is 109 cm³/mol. The number of nitrogens with zero attached hydrogens (tertiary/aromatic N) is 1. The molecule has 0 saturated heterocycles. The first kappa shape index (κ1) is 18.9. The lowest BCUT2D eigenvalue weighted by Crippen LogP contribution is -2.30. The van der Waals surface area contributed by atoms with Crippen molar-refractivity contribution in [2.24, 2.45) is 0 Å². The van der Waals surface area contributed by atoms with Gasteiger partial charge in [0.05, 0.1) is 13.2 Å². The summed E-state index contributed by atoms with van der Waals surface area (Å²) in [7, 11) is 1.59. The lowest BCUT2D eigenvalue weighted by molar-refractivity contribution is -0.117. The number of nitriles is 1. The zero-order valence-electron chi connectivity index (χ0n) is 15.5. The number of amides is 1. The first-order chi connectivity index (χ1) is 13.7. The van der Waals surface area contributed by atoms with Gasteiger partial charge in [-0.2, -0.15) is 5.26 Å². The second kappa shape index (κ2) is 9.20. The fourth-order valence-electron chi connectivity index (χ4n) is 2.87. The second-order valence-electron chi connectivity index (χ2n) is 6.17. The van der Waals surface area contributed by atoms with Gasteiger partial charge in [-0.15, -0.1) is 0 Å². The van der Waals surface area contributed by atoms with Crippen molar-refractivity contribution in [3.8, 4) is 11.8 Å². The van der Waals surface area contributed by atoms with Crippen LogP contribution in [0.15, 0.2) is 90.5 Å². The molecule has 138 valence electrons.